The number of amides is 1. The van der Waals surface area contributed by atoms with Crippen LogP contribution in [0.15, 0.2) is 63.8 Å². The summed E-state index contributed by atoms with van der Waals surface area (Å²) in [5.41, 5.74) is 0.305. The van der Waals surface area contributed by atoms with Crippen LogP contribution in [0.25, 0.3) is 22.1 Å². The Morgan fingerprint density at radius 2 is 1.90 bits per heavy atom. The fourth-order valence-electron chi connectivity index (χ4n) is 3.54. The van der Waals surface area contributed by atoms with Crippen molar-refractivity contribution in [3.05, 3.63) is 65.0 Å². The summed E-state index contributed by atoms with van der Waals surface area (Å²) in [7, 11) is 0. The van der Waals surface area contributed by atoms with Crippen LogP contribution in [0.2, 0.25) is 0 Å². The summed E-state index contributed by atoms with van der Waals surface area (Å²) in [6.45, 7) is 0.202. The Kier molecular flexibility index (Phi) is 5.03. The second kappa shape index (κ2) is 7.79. The average Bonchev–Trinajstić information content (AvgIpc) is 3.23. The number of nitrogens with zero attached hydrogens (tertiary/aromatic N) is 1. The van der Waals surface area contributed by atoms with Crippen molar-refractivity contribution in [1.29, 1.82) is 0 Å². The fraction of sp³-hybridized carbons (Fsp3) is 0.227. The molecule has 1 fully saturated rings. The molecule has 7 nitrogen and oxygen atoms in total. The number of carboxylic acid groups (broad SMARTS) is 1. The first-order valence-electron chi connectivity index (χ1n) is 9.31. The lowest BCUT2D eigenvalue weighted by Gasteiger charge is -2.21. The normalized spacial score (nSPS) is 16.1. The molecule has 0 spiro atoms. The van der Waals surface area contributed by atoms with Gasteiger partial charge in [-0.2, -0.15) is 0 Å². The van der Waals surface area contributed by atoms with Gasteiger partial charge in [-0.05, 0) is 54.6 Å². The molecule has 0 bridgehead atoms. The summed E-state index contributed by atoms with van der Waals surface area (Å²) in [5, 5.41) is 10.5. The highest BCUT2D eigenvalue weighted by molar-refractivity contribution is 5.85. The molecule has 0 radical (unpaired) electrons. The zero-order valence-corrected chi connectivity index (χ0v) is 15.5. The summed E-state index contributed by atoms with van der Waals surface area (Å²) >= 11 is 0. The van der Waals surface area contributed by atoms with Gasteiger partial charge in [-0.3, -0.25) is 4.79 Å². The molecule has 0 unspecified atom stereocenters. The number of benzene rings is 2. The minimum Gasteiger partial charge on any atom is -0.484 e. The van der Waals surface area contributed by atoms with Gasteiger partial charge in [0.1, 0.15) is 17.6 Å². The van der Waals surface area contributed by atoms with Gasteiger partial charge in [0, 0.05) is 12.1 Å². The third-order valence-corrected chi connectivity index (χ3v) is 5.03. The third-order valence-electron chi connectivity index (χ3n) is 5.03. The van der Waals surface area contributed by atoms with Crippen LogP contribution in [0.4, 0.5) is 0 Å². The standard InChI is InChI=1S/C22H19NO6/c24-20(23-11-3-6-18(23)21(25)26)13-28-16-9-7-14(8-10-16)19-12-15-4-1-2-5-17(15)22(27)29-19/h1-2,4-5,7-10,12,18H,3,6,11,13H2,(H,25,26)/t18-/m0/s1. The van der Waals surface area contributed by atoms with Crippen molar-refractivity contribution >= 4 is 22.6 Å². The van der Waals surface area contributed by atoms with Gasteiger partial charge in [0.2, 0.25) is 0 Å². The van der Waals surface area contributed by atoms with Gasteiger partial charge in [0.25, 0.3) is 5.91 Å². The number of carbonyl (C=O) groups is 2. The third kappa shape index (κ3) is 3.85. The van der Waals surface area contributed by atoms with Crippen LogP contribution in [0, 0.1) is 0 Å². The molecule has 3 aromatic rings. The van der Waals surface area contributed by atoms with E-state index >= 15 is 0 Å². The fourth-order valence-corrected chi connectivity index (χ4v) is 3.54. The molecule has 1 N–H and O–H groups in total. The summed E-state index contributed by atoms with van der Waals surface area (Å²) < 4.78 is 10.9. The molecule has 0 saturated carbocycles. The molecule has 29 heavy (non-hydrogen) atoms. The molecule has 1 aliphatic heterocycles. The van der Waals surface area contributed by atoms with Gasteiger partial charge >= 0.3 is 11.6 Å². The lowest BCUT2D eigenvalue weighted by Crippen LogP contribution is -2.42. The largest absolute Gasteiger partial charge is 0.484 e. The van der Waals surface area contributed by atoms with E-state index in [2.05, 4.69) is 0 Å². The second-order valence-electron chi connectivity index (χ2n) is 6.88. The number of hydrogen-bond donors (Lipinski definition) is 1. The second-order valence-corrected chi connectivity index (χ2v) is 6.88. The van der Waals surface area contributed by atoms with E-state index in [9.17, 15) is 19.5 Å². The van der Waals surface area contributed by atoms with Crippen LogP contribution in [-0.2, 0) is 9.59 Å². The molecule has 1 atom stereocenters. The maximum absolute atomic E-state index is 12.3. The van der Waals surface area contributed by atoms with Crippen molar-refractivity contribution in [3.63, 3.8) is 0 Å². The predicted octanol–water partition coefficient (Wildman–Crippen LogP) is 2.91. The Morgan fingerprint density at radius 3 is 2.66 bits per heavy atom. The highest BCUT2D eigenvalue weighted by atomic mass is 16.5. The van der Waals surface area contributed by atoms with E-state index in [0.29, 0.717) is 41.8 Å². The van der Waals surface area contributed by atoms with E-state index < -0.39 is 17.6 Å². The molecule has 1 aromatic heterocycles. The van der Waals surface area contributed by atoms with Crippen molar-refractivity contribution in [3.8, 4) is 17.1 Å². The molecule has 1 amide bonds. The Balaban J connectivity index is 1.45. The Hall–Kier alpha value is -3.61. The average molecular weight is 393 g/mol. The van der Waals surface area contributed by atoms with Gasteiger partial charge in [-0.25, -0.2) is 9.59 Å². The van der Waals surface area contributed by atoms with Gasteiger partial charge in [-0.1, -0.05) is 18.2 Å². The number of carbonyl (C=O) groups excluding carboxylic acids is 1. The number of ether oxygens (including phenoxy) is 1. The lowest BCUT2D eigenvalue weighted by atomic mass is 10.1. The molecule has 1 aliphatic rings. The monoisotopic (exact) mass is 393 g/mol. The highest BCUT2D eigenvalue weighted by Crippen LogP contribution is 2.24. The molecule has 2 aromatic carbocycles. The van der Waals surface area contributed by atoms with E-state index in [4.69, 9.17) is 9.15 Å². The summed E-state index contributed by atoms with van der Waals surface area (Å²) in [4.78, 5) is 37.0. The molecule has 148 valence electrons. The summed E-state index contributed by atoms with van der Waals surface area (Å²) in [5.74, 6) is -0.425. The van der Waals surface area contributed by atoms with Crippen molar-refractivity contribution in [2.75, 3.05) is 13.2 Å². The van der Waals surface area contributed by atoms with Gasteiger partial charge in [0.05, 0.1) is 5.39 Å². The SMILES string of the molecule is O=C(O)[C@@H]1CCCN1C(=O)COc1ccc(-c2cc3ccccc3c(=O)o2)cc1. The van der Waals surface area contributed by atoms with Gasteiger partial charge in [0.15, 0.2) is 6.61 Å². The van der Waals surface area contributed by atoms with Crippen molar-refractivity contribution in [1.82, 2.24) is 4.90 Å². The van der Waals surface area contributed by atoms with Gasteiger partial charge in [-0.15, -0.1) is 0 Å². The number of likely N-dealkylation sites (tertiary alicyclic amines) is 1. The molecule has 0 aliphatic carbocycles. The van der Waals surface area contributed by atoms with Crippen LogP contribution in [0.5, 0.6) is 5.75 Å². The van der Waals surface area contributed by atoms with E-state index in [1.165, 1.54) is 4.90 Å². The number of fused-ring (bicyclic) bond motifs is 1. The Labute approximate surface area is 166 Å². The summed E-state index contributed by atoms with van der Waals surface area (Å²) in [6, 6.07) is 15.1. The molecule has 2 heterocycles. The first kappa shape index (κ1) is 18.7. The molecule has 7 heteroatoms. The zero-order chi connectivity index (χ0) is 20.4. The maximum Gasteiger partial charge on any atom is 0.344 e. The first-order valence-corrected chi connectivity index (χ1v) is 9.31. The summed E-state index contributed by atoms with van der Waals surface area (Å²) in [6.07, 6.45) is 1.14. The van der Waals surface area contributed by atoms with Crippen molar-refractivity contribution in [2.24, 2.45) is 0 Å². The van der Waals surface area contributed by atoms with Crippen LogP contribution in [-0.4, -0.2) is 41.1 Å². The lowest BCUT2D eigenvalue weighted by molar-refractivity contribution is -0.148. The van der Waals surface area contributed by atoms with Crippen molar-refractivity contribution < 1.29 is 23.8 Å². The number of rotatable bonds is 5. The molecule has 1 saturated heterocycles. The van der Waals surface area contributed by atoms with Gasteiger partial charge < -0.3 is 19.2 Å². The number of hydrogen-bond acceptors (Lipinski definition) is 5. The maximum atomic E-state index is 12.3. The number of carboxylic acids is 1. The van der Waals surface area contributed by atoms with E-state index in [1.54, 1.807) is 42.5 Å². The van der Waals surface area contributed by atoms with E-state index in [1.807, 2.05) is 12.1 Å². The minimum atomic E-state index is -0.989. The van der Waals surface area contributed by atoms with E-state index in [0.717, 1.165) is 5.39 Å². The van der Waals surface area contributed by atoms with Crippen LogP contribution >= 0.6 is 0 Å². The quantitative estimate of drug-likeness (QED) is 0.716. The minimum absolute atomic E-state index is 0.228. The highest BCUT2D eigenvalue weighted by Gasteiger charge is 2.33. The Morgan fingerprint density at radius 1 is 1.14 bits per heavy atom. The van der Waals surface area contributed by atoms with Crippen LogP contribution in [0.1, 0.15) is 12.8 Å². The molecular weight excluding hydrogens is 374 g/mol. The van der Waals surface area contributed by atoms with Crippen LogP contribution in [0.3, 0.4) is 0 Å². The molecule has 4 rings (SSSR count). The zero-order valence-electron chi connectivity index (χ0n) is 15.5. The smallest absolute Gasteiger partial charge is 0.344 e. The van der Waals surface area contributed by atoms with E-state index in [-0.39, 0.29) is 12.5 Å². The van der Waals surface area contributed by atoms with Crippen molar-refractivity contribution in [2.45, 2.75) is 18.9 Å². The molecular formula is C22H19NO6. The first-order chi connectivity index (χ1) is 14.0. The topological polar surface area (TPSA) is 97.0 Å². The van der Waals surface area contributed by atoms with Crippen LogP contribution < -0.4 is 10.4 Å². The Bertz CT molecular complexity index is 1120. The predicted molar refractivity (Wildman–Crippen MR) is 106 cm³/mol. The number of aliphatic carboxylic acids is 1.